The molecule has 0 spiro atoms. The molecule has 0 amide bonds. The number of hydrogen-bond donors (Lipinski definition) is 1. The Kier molecular flexibility index (Phi) is 3.86. The Morgan fingerprint density at radius 1 is 1.00 bits per heavy atom. The van der Waals surface area contributed by atoms with Gasteiger partial charge in [-0.3, -0.25) is 0 Å². The molecule has 3 aromatic rings. The number of thiophene rings is 1. The van der Waals surface area contributed by atoms with Crippen LogP contribution in [0.5, 0.6) is 0 Å². The van der Waals surface area contributed by atoms with Gasteiger partial charge in [-0.05, 0) is 42.3 Å². The molecule has 0 radical (unpaired) electrons. The normalized spacial score (nSPS) is 12.7. The van der Waals surface area contributed by atoms with Crippen LogP contribution < -0.4 is 5.32 Å². The number of fused-ring (bicyclic) bond motifs is 1. The van der Waals surface area contributed by atoms with Crippen LogP contribution in [0.25, 0.3) is 10.8 Å². The maximum Gasteiger partial charge on any atom is 0.0305 e. The minimum Gasteiger partial charge on any atom is -0.305 e. The summed E-state index contributed by atoms with van der Waals surface area (Å²) in [4.78, 5) is 2.77. The lowest BCUT2D eigenvalue weighted by atomic mass is 10.00. The Morgan fingerprint density at radius 2 is 1.80 bits per heavy atom. The highest BCUT2D eigenvalue weighted by Crippen LogP contribution is 2.24. The van der Waals surface area contributed by atoms with Gasteiger partial charge in [0.25, 0.3) is 0 Å². The van der Waals surface area contributed by atoms with E-state index < -0.39 is 0 Å². The molecule has 0 aliphatic rings. The summed E-state index contributed by atoms with van der Waals surface area (Å²) < 4.78 is 0. The number of hydrogen-bond acceptors (Lipinski definition) is 2. The molecule has 20 heavy (non-hydrogen) atoms. The Bertz CT molecular complexity index is 709. The molecule has 1 N–H and O–H groups in total. The van der Waals surface area contributed by atoms with E-state index in [1.807, 2.05) is 11.3 Å². The van der Waals surface area contributed by atoms with Crippen molar-refractivity contribution in [3.63, 3.8) is 0 Å². The zero-order chi connectivity index (χ0) is 13.9. The van der Waals surface area contributed by atoms with Gasteiger partial charge in [0.15, 0.2) is 0 Å². The molecule has 1 heterocycles. The maximum atomic E-state index is 3.63. The van der Waals surface area contributed by atoms with Gasteiger partial charge in [-0.15, -0.1) is 11.3 Å². The van der Waals surface area contributed by atoms with E-state index in [0.29, 0.717) is 6.04 Å². The van der Waals surface area contributed by atoms with E-state index in [0.717, 1.165) is 6.54 Å². The van der Waals surface area contributed by atoms with Crippen molar-refractivity contribution in [3.8, 4) is 0 Å². The van der Waals surface area contributed by atoms with Crippen LogP contribution in [0.3, 0.4) is 0 Å². The van der Waals surface area contributed by atoms with Gasteiger partial charge >= 0.3 is 0 Å². The third kappa shape index (κ3) is 2.77. The summed E-state index contributed by atoms with van der Waals surface area (Å²) in [6.45, 7) is 5.33. The molecule has 0 aliphatic carbocycles. The van der Waals surface area contributed by atoms with Crippen LogP contribution in [0, 0.1) is 6.92 Å². The molecule has 0 fully saturated rings. The largest absolute Gasteiger partial charge is 0.305 e. The van der Waals surface area contributed by atoms with E-state index in [1.165, 1.54) is 26.1 Å². The summed E-state index contributed by atoms with van der Waals surface area (Å²) >= 11 is 1.87. The fourth-order valence-electron chi connectivity index (χ4n) is 2.57. The quantitative estimate of drug-likeness (QED) is 0.704. The maximum absolute atomic E-state index is 3.63. The van der Waals surface area contributed by atoms with Crippen molar-refractivity contribution in [2.24, 2.45) is 0 Å². The number of rotatable bonds is 4. The number of aryl methyl sites for hydroxylation is 1. The molecule has 0 saturated carbocycles. The van der Waals surface area contributed by atoms with Crippen LogP contribution in [0.4, 0.5) is 0 Å². The summed E-state index contributed by atoms with van der Waals surface area (Å²) in [5.74, 6) is 0. The lowest BCUT2D eigenvalue weighted by molar-refractivity contribution is 0.582. The molecular formula is C18H19NS. The van der Waals surface area contributed by atoms with Gasteiger partial charge < -0.3 is 5.32 Å². The van der Waals surface area contributed by atoms with Gasteiger partial charge in [0.1, 0.15) is 0 Å². The second kappa shape index (κ2) is 5.78. The van der Waals surface area contributed by atoms with Crippen molar-refractivity contribution >= 4 is 22.1 Å². The van der Waals surface area contributed by atoms with Crippen LogP contribution in [0.2, 0.25) is 0 Å². The topological polar surface area (TPSA) is 12.0 Å². The molecule has 102 valence electrons. The van der Waals surface area contributed by atoms with Crippen LogP contribution in [0.1, 0.15) is 28.3 Å². The van der Waals surface area contributed by atoms with Crippen LogP contribution >= 0.6 is 11.3 Å². The number of benzene rings is 2. The summed E-state index contributed by atoms with van der Waals surface area (Å²) in [6, 6.07) is 19.9. The average molecular weight is 281 g/mol. The van der Waals surface area contributed by atoms with Crippen LogP contribution in [-0.4, -0.2) is 0 Å². The standard InChI is InChI=1S/C18H19NS/c1-13-10-11-16(20-13)12-19-14(2)17-9-5-7-15-6-3-4-8-18(15)17/h3-11,14,19H,12H2,1-2H3/t14-/m1/s1. The predicted octanol–water partition coefficient (Wildman–Crippen LogP) is 5.06. The lowest BCUT2D eigenvalue weighted by Crippen LogP contribution is -2.17. The van der Waals surface area contributed by atoms with E-state index in [9.17, 15) is 0 Å². The second-order valence-electron chi connectivity index (χ2n) is 5.18. The van der Waals surface area contributed by atoms with E-state index >= 15 is 0 Å². The van der Waals surface area contributed by atoms with Gasteiger partial charge in [-0.1, -0.05) is 42.5 Å². The first-order valence-electron chi connectivity index (χ1n) is 7.00. The third-order valence-corrected chi connectivity index (χ3v) is 4.67. The van der Waals surface area contributed by atoms with Gasteiger partial charge in [-0.25, -0.2) is 0 Å². The highest BCUT2D eigenvalue weighted by atomic mass is 32.1. The Balaban J connectivity index is 1.80. The molecule has 3 rings (SSSR count). The van der Waals surface area contributed by atoms with Gasteiger partial charge in [0, 0.05) is 22.3 Å². The fraction of sp³-hybridized carbons (Fsp3) is 0.222. The lowest BCUT2D eigenvalue weighted by Gasteiger charge is -2.16. The van der Waals surface area contributed by atoms with Crippen LogP contribution in [-0.2, 0) is 6.54 Å². The highest BCUT2D eigenvalue weighted by molar-refractivity contribution is 7.11. The van der Waals surface area contributed by atoms with Gasteiger partial charge in [-0.2, -0.15) is 0 Å². The van der Waals surface area contributed by atoms with E-state index in [4.69, 9.17) is 0 Å². The number of nitrogens with one attached hydrogen (secondary N) is 1. The first-order valence-corrected chi connectivity index (χ1v) is 7.82. The minimum absolute atomic E-state index is 0.350. The van der Waals surface area contributed by atoms with Crippen molar-refractivity contribution in [1.82, 2.24) is 5.32 Å². The van der Waals surface area contributed by atoms with Crippen molar-refractivity contribution in [1.29, 1.82) is 0 Å². The molecule has 0 aliphatic heterocycles. The average Bonchev–Trinajstić information content (AvgIpc) is 2.90. The third-order valence-electron chi connectivity index (χ3n) is 3.67. The zero-order valence-electron chi connectivity index (χ0n) is 11.9. The first kappa shape index (κ1) is 13.3. The molecule has 1 aromatic heterocycles. The van der Waals surface area contributed by atoms with Gasteiger partial charge in [0.05, 0.1) is 0 Å². The summed E-state index contributed by atoms with van der Waals surface area (Å²) in [5.41, 5.74) is 1.37. The smallest absolute Gasteiger partial charge is 0.0305 e. The molecule has 2 heteroatoms. The molecule has 0 saturated heterocycles. The van der Waals surface area contributed by atoms with E-state index in [-0.39, 0.29) is 0 Å². The van der Waals surface area contributed by atoms with Crippen molar-refractivity contribution in [2.45, 2.75) is 26.4 Å². The molecule has 1 nitrogen and oxygen atoms in total. The van der Waals surface area contributed by atoms with Gasteiger partial charge in [0.2, 0.25) is 0 Å². The molecular weight excluding hydrogens is 262 g/mol. The molecule has 0 bridgehead atoms. The minimum atomic E-state index is 0.350. The summed E-state index contributed by atoms with van der Waals surface area (Å²) in [5, 5.41) is 6.29. The van der Waals surface area contributed by atoms with E-state index in [2.05, 4.69) is 73.8 Å². The SMILES string of the molecule is Cc1ccc(CN[C@H](C)c2cccc3ccccc23)s1. The summed E-state index contributed by atoms with van der Waals surface area (Å²) in [6.07, 6.45) is 0. The van der Waals surface area contributed by atoms with Crippen molar-refractivity contribution < 1.29 is 0 Å². The van der Waals surface area contributed by atoms with Crippen LogP contribution in [0.15, 0.2) is 54.6 Å². The Hall–Kier alpha value is -1.64. The highest BCUT2D eigenvalue weighted by Gasteiger charge is 2.08. The second-order valence-corrected chi connectivity index (χ2v) is 6.56. The molecule has 0 unspecified atom stereocenters. The summed E-state index contributed by atoms with van der Waals surface area (Å²) in [7, 11) is 0. The predicted molar refractivity (Wildman–Crippen MR) is 88.3 cm³/mol. The monoisotopic (exact) mass is 281 g/mol. The molecule has 1 atom stereocenters. The zero-order valence-corrected chi connectivity index (χ0v) is 12.7. The Morgan fingerprint density at radius 3 is 2.60 bits per heavy atom. The fourth-order valence-corrected chi connectivity index (χ4v) is 3.41. The van der Waals surface area contributed by atoms with Crippen molar-refractivity contribution in [3.05, 3.63) is 69.9 Å². The van der Waals surface area contributed by atoms with Crippen molar-refractivity contribution in [2.75, 3.05) is 0 Å². The molecule has 2 aromatic carbocycles. The Labute approximate surface area is 124 Å². The van der Waals surface area contributed by atoms with E-state index in [1.54, 1.807) is 0 Å². The first-order chi connectivity index (χ1) is 9.74.